The van der Waals surface area contributed by atoms with Crippen LogP contribution in [0.15, 0.2) is 36.4 Å². The number of nitrogens with zero attached hydrogens (tertiary/aromatic N) is 1. The second-order valence-electron chi connectivity index (χ2n) is 9.14. The summed E-state index contributed by atoms with van der Waals surface area (Å²) in [6.45, 7) is 3.02. The Morgan fingerprint density at radius 2 is 1.40 bits per heavy atom. The Hall–Kier alpha value is -3.20. The minimum atomic E-state index is -0.293. The molecule has 0 aliphatic carbocycles. The van der Waals surface area contributed by atoms with E-state index in [9.17, 15) is 15.0 Å². The number of nitrogens with one attached hydrogen (secondary N) is 1. The van der Waals surface area contributed by atoms with Crippen molar-refractivity contribution in [1.29, 1.82) is 5.26 Å². The molecule has 0 atom stereocenters. The van der Waals surface area contributed by atoms with Gasteiger partial charge in [-0.2, -0.15) is 5.26 Å². The van der Waals surface area contributed by atoms with E-state index in [0.717, 1.165) is 31.6 Å². The monoisotopic (exact) mass is 480 g/mol. The zero-order chi connectivity index (χ0) is 25.3. The largest absolute Gasteiger partial charge is 0.508 e. The lowest BCUT2D eigenvalue weighted by molar-refractivity contribution is 0.0949. The first-order valence-corrected chi connectivity index (χ1v) is 12.9. The number of carbonyl (C=O) groups excluding carboxylic acids is 1. The topological polar surface area (TPSA) is 103 Å². The molecule has 0 spiro atoms. The van der Waals surface area contributed by atoms with Crippen molar-refractivity contribution in [3.05, 3.63) is 53.1 Å². The summed E-state index contributed by atoms with van der Waals surface area (Å²) >= 11 is 0. The standard InChI is InChI=1S/C29H40N2O4/c1-23-20-25(32)21-27(33)28(23)29(34)31-18-12-10-8-6-4-2-3-5-7-9-11-13-19-35-26-16-14-24(22-30)15-17-26/h14-17,20-21,32-33H,2-13,18-19H2,1H3,(H,31,34). The van der Waals surface area contributed by atoms with Gasteiger partial charge in [0.25, 0.3) is 5.91 Å². The molecule has 3 N–H and O–H groups in total. The Balaban J connectivity index is 1.35. The number of amides is 1. The molecule has 0 fully saturated rings. The molecule has 0 saturated carbocycles. The molecule has 0 aliphatic rings. The maximum Gasteiger partial charge on any atom is 0.255 e. The van der Waals surface area contributed by atoms with Crippen LogP contribution in [0.25, 0.3) is 0 Å². The maximum atomic E-state index is 12.2. The summed E-state index contributed by atoms with van der Waals surface area (Å²) < 4.78 is 5.71. The minimum Gasteiger partial charge on any atom is -0.508 e. The lowest BCUT2D eigenvalue weighted by Gasteiger charge is -2.10. The van der Waals surface area contributed by atoms with Gasteiger partial charge in [-0.1, -0.05) is 64.2 Å². The molecule has 190 valence electrons. The van der Waals surface area contributed by atoms with Gasteiger partial charge in [-0.3, -0.25) is 4.79 Å². The van der Waals surface area contributed by atoms with Gasteiger partial charge in [-0.05, 0) is 55.7 Å². The van der Waals surface area contributed by atoms with Crippen molar-refractivity contribution in [3.8, 4) is 23.3 Å². The number of aryl methyl sites for hydroxylation is 1. The van der Waals surface area contributed by atoms with E-state index in [2.05, 4.69) is 11.4 Å². The Bertz CT molecular complexity index is 912. The summed E-state index contributed by atoms with van der Waals surface area (Å²) in [6, 6.07) is 12.0. The first-order valence-electron chi connectivity index (χ1n) is 12.9. The van der Waals surface area contributed by atoms with Crippen molar-refractivity contribution in [2.75, 3.05) is 13.2 Å². The summed E-state index contributed by atoms with van der Waals surface area (Å²) in [7, 11) is 0. The predicted molar refractivity (Wildman–Crippen MR) is 139 cm³/mol. The summed E-state index contributed by atoms with van der Waals surface area (Å²) in [5, 5.41) is 31.0. The molecule has 6 nitrogen and oxygen atoms in total. The highest BCUT2D eigenvalue weighted by molar-refractivity contribution is 5.98. The highest BCUT2D eigenvalue weighted by Gasteiger charge is 2.14. The third-order valence-corrected chi connectivity index (χ3v) is 6.14. The van der Waals surface area contributed by atoms with E-state index in [0.29, 0.717) is 17.7 Å². The third-order valence-electron chi connectivity index (χ3n) is 6.14. The molecule has 0 aromatic heterocycles. The van der Waals surface area contributed by atoms with Gasteiger partial charge >= 0.3 is 0 Å². The molecule has 2 rings (SSSR count). The van der Waals surface area contributed by atoms with Crippen LogP contribution >= 0.6 is 0 Å². The molecule has 0 bridgehead atoms. The first kappa shape index (κ1) is 28.0. The SMILES string of the molecule is Cc1cc(O)cc(O)c1C(=O)NCCCCCCCCCCCCCCOc1ccc(C#N)cc1. The highest BCUT2D eigenvalue weighted by atomic mass is 16.5. The van der Waals surface area contributed by atoms with E-state index in [1.165, 1.54) is 69.9 Å². The Morgan fingerprint density at radius 1 is 0.857 bits per heavy atom. The van der Waals surface area contributed by atoms with Crippen LogP contribution in [-0.2, 0) is 0 Å². The molecule has 6 heteroatoms. The van der Waals surface area contributed by atoms with Crippen molar-refractivity contribution >= 4 is 5.91 Å². The van der Waals surface area contributed by atoms with Crippen molar-refractivity contribution in [1.82, 2.24) is 5.32 Å². The van der Waals surface area contributed by atoms with Crippen LogP contribution in [0.3, 0.4) is 0 Å². The van der Waals surface area contributed by atoms with Crippen molar-refractivity contribution in [2.45, 2.75) is 84.0 Å². The number of nitriles is 1. The summed E-state index contributed by atoms with van der Waals surface area (Å²) in [5.41, 5.74) is 1.45. The number of unbranched alkanes of at least 4 members (excludes halogenated alkanes) is 11. The highest BCUT2D eigenvalue weighted by Crippen LogP contribution is 2.26. The van der Waals surface area contributed by atoms with Gasteiger partial charge in [-0.15, -0.1) is 0 Å². The fourth-order valence-corrected chi connectivity index (χ4v) is 4.15. The quantitative estimate of drug-likeness (QED) is 0.217. The molecule has 0 radical (unpaired) electrons. The van der Waals surface area contributed by atoms with Crippen LogP contribution in [0.1, 0.15) is 98.5 Å². The smallest absolute Gasteiger partial charge is 0.255 e. The Morgan fingerprint density at radius 3 is 1.94 bits per heavy atom. The van der Waals surface area contributed by atoms with E-state index >= 15 is 0 Å². The van der Waals surface area contributed by atoms with Gasteiger partial charge in [0.15, 0.2) is 0 Å². The third kappa shape index (κ3) is 11.2. The second-order valence-corrected chi connectivity index (χ2v) is 9.14. The van der Waals surface area contributed by atoms with Crippen LogP contribution in [0.4, 0.5) is 0 Å². The van der Waals surface area contributed by atoms with E-state index in [1.807, 2.05) is 12.1 Å². The number of phenolic OH excluding ortho intramolecular Hbond substituents is 2. The Kier molecular flexibility index (Phi) is 13.2. The van der Waals surface area contributed by atoms with Gasteiger partial charge < -0.3 is 20.3 Å². The molecule has 1 amide bonds. The van der Waals surface area contributed by atoms with E-state index in [-0.39, 0.29) is 23.0 Å². The second kappa shape index (κ2) is 16.4. The van der Waals surface area contributed by atoms with Crippen molar-refractivity contribution in [2.24, 2.45) is 0 Å². The number of hydrogen-bond acceptors (Lipinski definition) is 5. The lowest BCUT2D eigenvalue weighted by atomic mass is 10.0. The van der Waals surface area contributed by atoms with Crippen LogP contribution < -0.4 is 10.1 Å². The molecule has 2 aromatic rings. The number of ether oxygens (including phenoxy) is 1. The zero-order valence-corrected chi connectivity index (χ0v) is 21.0. The lowest BCUT2D eigenvalue weighted by Crippen LogP contribution is -2.25. The number of hydrogen-bond donors (Lipinski definition) is 3. The summed E-state index contributed by atoms with van der Waals surface area (Å²) in [6.07, 6.45) is 14.4. The van der Waals surface area contributed by atoms with Crippen LogP contribution in [0.5, 0.6) is 17.2 Å². The van der Waals surface area contributed by atoms with Crippen LogP contribution in [0.2, 0.25) is 0 Å². The van der Waals surface area contributed by atoms with Gasteiger partial charge in [0, 0.05) is 12.6 Å². The fourth-order valence-electron chi connectivity index (χ4n) is 4.15. The molecule has 2 aromatic carbocycles. The molecular weight excluding hydrogens is 440 g/mol. The molecular formula is C29H40N2O4. The van der Waals surface area contributed by atoms with Gasteiger partial charge in [0.05, 0.1) is 23.8 Å². The number of benzene rings is 2. The normalized spacial score (nSPS) is 10.6. The summed E-state index contributed by atoms with van der Waals surface area (Å²) in [4.78, 5) is 12.2. The summed E-state index contributed by atoms with van der Waals surface area (Å²) in [5.74, 6) is 0.310. The fraction of sp³-hybridized carbons (Fsp3) is 0.517. The maximum absolute atomic E-state index is 12.2. The first-order chi connectivity index (χ1) is 17.0. The average molecular weight is 481 g/mol. The zero-order valence-electron chi connectivity index (χ0n) is 21.0. The number of carbonyl (C=O) groups is 1. The van der Waals surface area contributed by atoms with Crippen LogP contribution in [-0.4, -0.2) is 29.3 Å². The Labute approximate surface area is 209 Å². The van der Waals surface area contributed by atoms with E-state index < -0.39 is 0 Å². The van der Waals surface area contributed by atoms with Gasteiger partial charge in [-0.25, -0.2) is 0 Å². The molecule has 35 heavy (non-hydrogen) atoms. The number of rotatable bonds is 17. The van der Waals surface area contributed by atoms with Gasteiger partial charge in [0.1, 0.15) is 17.2 Å². The minimum absolute atomic E-state index is 0.0426. The molecule has 0 aliphatic heterocycles. The van der Waals surface area contributed by atoms with E-state index in [1.54, 1.807) is 19.1 Å². The van der Waals surface area contributed by atoms with Crippen molar-refractivity contribution in [3.63, 3.8) is 0 Å². The van der Waals surface area contributed by atoms with Gasteiger partial charge in [0.2, 0.25) is 0 Å². The molecule has 0 heterocycles. The van der Waals surface area contributed by atoms with Crippen LogP contribution in [0, 0.1) is 18.3 Å². The molecule has 0 unspecified atom stereocenters. The average Bonchev–Trinajstić information content (AvgIpc) is 2.83. The number of phenols is 2. The van der Waals surface area contributed by atoms with E-state index in [4.69, 9.17) is 10.00 Å². The number of aromatic hydroxyl groups is 2. The molecule has 0 saturated heterocycles. The van der Waals surface area contributed by atoms with Crippen molar-refractivity contribution < 1.29 is 19.7 Å². The predicted octanol–water partition coefficient (Wildman–Crippen LogP) is 6.77.